The topological polar surface area (TPSA) is 78.8 Å². The number of aromatic nitrogens is 4. The molecule has 0 aliphatic carbocycles. The van der Waals surface area contributed by atoms with Gasteiger partial charge in [-0.3, -0.25) is 9.97 Å². The number of ether oxygens (including phenoxy) is 1. The van der Waals surface area contributed by atoms with Crippen LogP contribution in [0.5, 0.6) is 5.75 Å². The van der Waals surface area contributed by atoms with Crippen LogP contribution in [0.3, 0.4) is 0 Å². The maximum atomic E-state index is 14.0. The number of rotatable bonds is 5. The molecule has 0 saturated heterocycles. The standard InChI is InChI=1S/C20H18FN5O/c1-27-14-6-7-18-13(10-14)12-25-26(18)19-5-3-9-24-20(19)16(22)11-17-15(21)4-2-8-23-17/h2-10,12,16H,11,22H2,1H3/t16-/m0/s1. The molecule has 4 rings (SSSR count). The number of benzene rings is 1. The molecule has 0 aliphatic rings. The van der Waals surface area contributed by atoms with Crippen molar-refractivity contribution < 1.29 is 9.13 Å². The van der Waals surface area contributed by atoms with Crippen molar-refractivity contribution >= 4 is 10.9 Å². The second-order valence-electron chi connectivity index (χ2n) is 6.13. The molecule has 3 heterocycles. The Kier molecular flexibility index (Phi) is 4.52. The average molecular weight is 363 g/mol. The second kappa shape index (κ2) is 7.13. The van der Waals surface area contributed by atoms with E-state index in [1.165, 1.54) is 6.07 Å². The van der Waals surface area contributed by atoms with Crippen molar-refractivity contribution in [3.05, 3.63) is 78.3 Å². The van der Waals surface area contributed by atoms with Crippen LogP contribution in [0.2, 0.25) is 0 Å². The molecule has 7 heteroatoms. The molecular weight excluding hydrogens is 345 g/mol. The minimum atomic E-state index is -0.525. The molecule has 136 valence electrons. The summed E-state index contributed by atoms with van der Waals surface area (Å²) in [4.78, 5) is 8.53. The Morgan fingerprint density at radius 2 is 1.96 bits per heavy atom. The predicted octanol–water partition coefficient (Wildman–Crippen LogP) is 3.21. The smallest absolute Gasteiger partial charge is 0.144 e. The molecule has 3 aromatic heterocycles. The number of pyridine rings is 2. The highest BCUT2D eigenvalue weighted by molar-refractivity contribution is 5.82. The number of hydrogen-bond acceptors (Lipinski definition) is 5. The summed E-state index contributed by atoms with van der Waals surface area (Å²) >= 11 is 0. The van der Waals surface area contributed by atoms with E-state index in [1.807, 2.05) is 30.3 Å². The summed E-state index contributed by atoms with van der Waals surface area (Å²) in [6.45, 7) is 0. The van der Waals surface area contributed by atoms with Crippen LogP contribution in [0.15, 0.2) is 61.1 Å². The number of fused-ring (bicyclic) bond motifs is 1. The van der Waals surface area contributed by atoms with Gasteiger partial charge in [-0.2, -0.15) is 5.10 Å². The third-order valence-corrected chi connectivity index (χ3v) is 4.42. The van der Waals surface area contributed by atoms with E-state index in [0.717, 1.165) is 22.3 Å². The summed E-state index contributed by atoms with van der Waals surface area (Å²) < 4.78 is 21.0. The summed E-state index contributed by atoms with van der Waals surface area (Å²) in [5.41, 5.74) is 8.96. The predicted molar refractivity (Wildman–Crippen MR) is 100 cm³/mol. The molecule has 6 nitrogen and oxygen atoms in total. The van der Waals surface area contributed by atoms with Crippen LogP contribution in [-0.4, -0.2) is 26.9 Å². The first-order chi connectivity index (χ1) is 13.2. The van der Waals surface area contributed by atoms with Gasteiger partial charge >= 0.3 is 0 Å². The molecule has 0 saturated carbocycles. The zero-order valence-corrected chi connectivity index (χ0v) is 14.7. The van der Waals surface area contributed by atoms with Crippen LogP contribution in [0.4, 0.5) is 4.39 Å². The number of halogens is 1. The van der Waals surface area contributed by atoms with E-state index in [1.54, 1.807) is 36.4 Å². The van der Waals surface area contributed by atoms with Crippen molar-refractivity contribution in [3.8, 4) is 11.4 Å². The van der Waals surface area contributed by atoms with Crippen molar-refractivity contribution in [3.63, 3.8) is 0 Å². The van der Waals surface area contributed by atoms with Crippen LogP contribution in [-0.2, 0) is 6.42 Å². The largest absolute Gasteiger partial charge is 0.497 e. The van der Waals surface area contributed by atoms with E-state index < -0.39 is 6.04 Å². The van der Waals surface area contributed by atoms with E-state index in [9.17, 15) is 4.39 Å². The van der Waals surface area contributed by atoms with Gasteiger partial charge in [-0.15, -0.1) is 0 Å². The molecule has 0 aliphatic heterocycles. The Bertz CT molecular complexity index is 1090. The third kappa shape index (κ3) is 3.24. The van der Waals surface area contributed by atoms with E-state index in [2.05, 4.69) is 15.1 Å². The highest BCUT2D eigenvalue weighted by Gasteiger charge is 2.18. The second-order valence-corrected chi connectivity index (χ2v) is 6.13. The van der Waals surface area contributed by atoms with Gasteiger partial charge in [0.1, 0.15) is 11.6 Å². The zero-order chi connectivity index (χ0) is 18.8. The van der Waals surface area contributed by atoms with Gasteiger partial charge in [-0.1, -0.05) is 0 Å². The molecule has 0 spiro atoms. The van der Waals surface area contributed by atoms with Gasteiger partial charge in [0.2, 0.25) is 0 Å². The van der Waals surface area contributed by atoms with Gasteiger partial charge in [-0.25, -0.2) is 9.07 Å². The lowest BCUT2D eigenvalue weighted by Gasteiger charge is -2.16. The van der Waals surface area contributed by atoms with Crippen LogP contribution >= 0.6 is 0 Å². The lowest BCUT2D eigenvalue weighted by molar-refractivity contribution is 0.415. The van der Waals surface area contributed by atoms with Gasteiger partial charge in [-0.05, 0) is 42.5 Å². The molecule has 2 N–H and O–H groups in total. The SMILES string of the molecule is COc1ccc2c(cnn2-c2cccnc2[C@@H](N)Cc2ncccc2F)c1. The normalized spacial score (nSPS) is 12.3. The molecule has 0 radical (unpaired) electrons. The number of nitrogens with two attached hydrogens (primary N) is 1. The molecule has 27 heavy (non-hydrogen) atoms. The minimum absolute atomic E-state index is 0.240. The zero-order valence-electron chi connectivity index (χ0n) is 14.7. The van der Waals surface area contributed by atoms with E-state index in [4.69, 9.17) is 10.5 Å². The molecule has 0 unspecified atom stereocenters. The van der Waals surface area contributed by atoms with Gasteiger partial charge in [0, 0.05) is 24.2 Å². The molecule has 0 bridgehead atoms. The fourth-order valence-electron chi connectivity index (χ4n) is 3.08. The summed E-state index contributed by atoms with van der Waals surface area (Å²) in [6.07, 6.45) is 5.23. The minimum Gasteiger partial charge on any atom is -0.497 e. The van der Waals surface area contributed by atoms with Gasteiger partial charge in [0.05, 0.1) is 41.9 Å². The molecule has 4 aromatic rings. The van der Waals surface area contributed by atoms with Crippen molar-refractivity contribution in [2.24, 2.45) is 5.73 Å². The van der Waals surface area contributed by atoms with E-state index in [-0.39, 0.29) is 12.2 Å². The Hall–Kier alpha value is -3.32. The van der Waals surface area contributed by atoms with Crippen molar-refractivity contribution in [2.45, 2.75) is 12.5 Å². The third-order valence-electron chi connectivity index (χ3n) is 4.42. The van der Waals surface area contributed by atoms with Crippen molar-refractivity contribution in [2.75, 3.05) is 7.11 Å². The Balaban J connectivity index is 1.74. The Labute approximate surface area is 155 Å². The first kappa shape index (κ1) is 17.1. The van der Waals surface area contributed by atoms with E-state index in [0.29, 0.717) is 11.4 Å². The highest BCUT2D eigenvalue weighted by atomic mass is 19.1. The number of methoxy groups -OCH3 is 1. The summed E-state index contributed by atoms with van der Waals surface area (Å²) in [6, 6.07) is 11.9. The van der Waals surface area contributed by atoms with Gasteiger partial charge in [0.15, 0.2) is 0 Å². The lowest BCUT2D eigenvalue weighted by Crippen LogP contribution is -2.19. The summed E-state index contributed by atoms with van der Waals surface area (Å²) in [7, 11) is 1.63. The summed E-state index contributed by atoms with van der Waals surface area (Å²) in [5, 5.41) is 5.42. The quantitative estimate of drug-likeness (QED) is 0.589. The van der Waals surface area contributed by atoms with Crippen LogP contribution in [0.1, 0.15) is 17.4 Å². The molecular formula is C20H18FN5O. The van der Waals surface area contributed by atoms with Crippen LogP contribution in [0.25, 0.3) is 16.6 Å². The maximum Gasteiger partial charge on any atom is 0.144 e. The first-order valence-corrected chi connectivity index (χ1v) is 8.49. The Morgan fingerprint density at radius 1 is 1.15 bits per heavy atom. The Morgan fingerprint density at radius 3 is 2.78 bits per heavy atom. The molecule has 1 aromatic carbocycles. The number of nitrogens with zero attached hydrogens (tertiary/aromatic N) is 4. The van der Waals surface area contributed by atoms with E-state index >= 15 is 0 Å². The fraction of sp³-hybridized carbons (Fsp3) is 0.150. The monoisotopic (exact) mass is 363 g/mol. The maximum absolute atomic E-state index is 14.0. The molecule has 0 fully saturated rings. The van der Waals surface area contributed by atoms with Crippen molar-refractivity contribution in [1.82, 2.24) is 19.7 Å². The highest BCUT2D eigenvalue weighted by Crippen LogP contribution is 2.26. The van der Waals surface area contributed by atoms with Gasteiger partial charge in [0.25, 0.3) is 0 Å². The van der Waals surface area contributed by atoms with Crippen molar-refractivity contribution in [1.29, 1.82) is 0 Å². The average Bonchev–Trinajstić information content (AvgIpc) is 3.12. The van der Waals surface area contributed by atoms with Crippen LogP contribution in [0, 0.1) is 5.82 Å². The fourth-order valence-corrected chi connectivity index (χ4v) is 3.08. The number of hydrogen-bond donors (Lipinski definition) is 1. The lowest BCUT2D eigenvalue weighted by atomic mass is 10.1. The molecule has 1 atom stereocenters. The van der Waals surface area contributed by atoms with Gasteiger partial charge < -0.3 is 10.5 Å². The van der Waals surface area contributed by atoms with Crippen LogP contribution < -0.4 is 10.5 Å². The summed E-state index contributed by atoms with van der Waals surface area (Å²) in [5.74, 6) is 0.387. The molecule has 0 amide bonds. The first-order valence-electron chi connectivity index (χ1n) is 8.49.